The predicted octanol–water partition coefficient (Wildman–Crippen LogP) is 6.77. The van der Waals surface area contributed by atoms with Crippen LogP contribution in [-0.2, 0) is 24.4 Å². The number of rotatable bonds is 11. The summed E-state index contributed by atoms with van der Waals surface area (Å²) < 4.78 is 12.3. The number of nitrogens with zero attached hydrogens (tertiary/aromatic N) is 1. The van der Waals surface area contributed by atoms with Gasteiger partial charge in [-0.3, -0.25) is 4.79 Å². The molecule has 0 aliphatic heterocycles. The number of allylic oxidation sites excluding steroid dienone is 1. The minimum atomic E-state index is -0.434. The predicted molar refractivity (Wildman–Crippen MR) is 152 cm³/mol. The zero-order valence-corrected chi connectivity index (χ0v) is 21.4. The van der Waals surface area contributed by atoms with Crippen molar-refractivity contribution in [2.75, 3.05) is 6.61 Å². The van der Waals surface area contributed by atoms with Crippen molar-refractivity contribution >= 4 is 22.8 Å². The van der Waals surface area contributed by atoms with E-state index in [0.717, 1.165) is 27.5 Å². The number of carbonyl (C=O) groups is 1. The fraction of sp³-hybridized carbons (Fsp3) is 0.152. The number of nitriles is 1. The van der Waals surface area contributed by atoms with Crippen LogP contribution in [0.25, 0.3) is 16.8 Å². The first-order valence-electron chi connectivity index (χ1n) is 12.6. The topological polar surface area (TPSA) is 71.4 Å². The third-order valence-electron chi connectivity index (χ3n) is 6.04. The molecule has 0 aromatic heterocycles. The van der Waals surface area contributed by atoms with Gasteiger partial charge in [0.05, 0.1) is 6.61 Å². The van der Waals surface area contributed by atoms with Gasteiger partial charge in [0.2, 0.25) is 0 Å². The monoisotopic (exact) mass is 502 g/mol. The number of hydrogen-bond acceptors (Lipinski definition) is 4. The Balaban J connectivity index is 1.62. The van der Waals surface area contributed by atoms with E-state index in [1.807, 2.05) is 67.6 Å². The van der Waals surface area contributed by atoms with Crippen molar-refractivity contribution in [1.82, 2.24) is 5.32 Å². The molecule has 0 saturated heterocycles. The maximum atomic E-state index is 12.7. The van der Waals surface area contributed by atoms with Gasteiger partial charge >= 0.3 is 0 Å². The summed E-state index contributed by atoms with van der Waals surface area (Å²) in [5, 5.41) is 14.8. The largest absolute Gasteiger partial charge is 0.490 e. The lowest BCUT2D eigenvalue weighted by Gasteiger charge is -2.17. The van der Waals surface area contributed by atoms with E-state index in [1.54, 1.807) is 18.2 Å². The molecule has 5 heteroatoms. The number of carbonyl (C=O) groups excluding carboxylic acids is 1. The standard InChI is InChI=1S/C33H30N2O3/c1-3-11-27-18-25(19-29(21-34)33(36)35-22-24-12-6-5-7-13-24)20-31(37-4-2)32(27)38-23-28-16-10-15-26-14-8-9-17-30(26)28/h3,5-10,12-20H,1,4,11,22-23H2,2H3,(H,35,36)/b29-19+. The lowest BCUT2D eigenvalue weighted by atomic mass is 10.0. The number of ether oxygens (including phenoxy) is 2. The van der Waals surface area contributed by atoms with Crippen LogP contribution in [0.2, 0.25) is 0 Å². The van der Waals surface area contributed by atoms with Crippen LogP contribution in [0.1, 0.15) is 29.2 Å². The molecule has 4 aromatic carbocycles. The molecular weight excluding hydrogens is 472 g/mol. The van der Waals surface area contributed by atoms with E-state index in [-0.39, 0.29) is 5.57 Å². The van der Waals surface area contributed by atoms with E-state index >= 15 is 0 Å². The van der Waals surface area contributed by atoms with Crippen molar-refractivity contribution in [3.8, 4) is 17.6 Å². The first kappa shape index (κ1) is 26.2. The second-order valence-corrected chi connectivity index (χ2v) is 8.70. The molecule has 0 atom stereocenters. The van der Waals surface area contributed by atoms with Gasteiger partial charge < -0.3 is 14.8 Å². The Morgan fingerprint density at radius 3 is 2.50 bits per heavy atom. The van der Waals surface area contributed by atoms with Gasteiger partial charge in [-0.25, -0.2) is 0 Å². The molecule has 0 aliphatic rings. The highest BCUT2D eigenvalue weighted by Gasteiger charge is 2.16. The van der Waals surface area contributed by atoms with Gasteiger partial charge in [0.1, 0.15) is 18.2 Å². The fourth-order valence-electron chi connectivity index (χ4n) is 4.26. The Kier molecular flexibility index (Phi) is 8.93. The quantitative estimate of drug-likeness (QED) is 0.140. The number of fused-ring (bicyclic) bond motifs is 1. The van der Waals surface area contributed by atoms with E-state index in [4.69, 9.17) is 9.47 Å². The van der Waals surface area contributed by atoms with Gasteiger partial charge in [0.25, 0.3) is 5.91 Å². The van der Waals surface area contributed by atoms with E-state index in [2.05, 4.69) is 36.2 Å². The van der Waals surface area contributed by atoms with Crippen LogP contribution in [0.3, 0.4) is 0 Å². The molecule has 0 unspecified atom stereocenters. The number of hydrogen-bond donors (Lipinski definition) is 1. The summed E-state index contributed by atoms with van der Waals surface area (Å²) >= 11 is 0. The van der Waals surface area contributed by atoms with Crippen LogP contribution in [0.15, 0.2) is 103 Å². The highest BCUT2D eigenvalue weighted by molar-refractivity contribution is 6.01. The average Bonchev–Trinajstić information content (AvgIpc) is 2.95. The summed E-state index contributed by atoms with van der Waals surface area (Å²) in [6.45, 7) is 6.94. The van der Waals surface area contributed by atoms with Crippen LogP contribution < -0.4 is 14.8 Å². The molecular formula is C33H30N2O3. The second-order valence-electron chi connectivity index (χ2n) is 8.70. The zero-order valence-electron chi connectivity index (χ0n) is 21.4. The van der Waals surface area contributed by atoms with Crippen molar-refractivity contribution in [3.63, 3.8) is 0 Å². The summed E-state index contributed by atoms with van der Waals surface area (Å²) in [7, 11) is 0. The normalized spacial score (nSPS) is 11.0. The molecule has 0 spiro atoms. The van der Waals surface area contributed by atoms with Gasteiger partial charge in [-0.2, -0.15) is 5.26 Å². The van der Waals surface area contributed by atoms with Gasteiger partial charge in [-0.15, -0.1) is 6.58 Å². The van der Waals surface area contributed by atoms with Crippen molar-refractivity contribution < 1.29 is 14.3 Å². The number of nitrogens with one attached hydrogen (secondary N) is 1. The van der Waals surface area contributed by atoms with E-state index in [0.29, 0.717) is 43.2 Å². The molecule has 0 aliphatic carbocycles. The maximum absolute atomic E-state index is 12.7. The first-order valence-corrected chi connectivity index (χ1v) is 12.6. The van der Waals surface area contributed by atoms with Crippen LogP contribution in [0.4, 0.5) is 0 Å². The molecule has 0 fully saturated rings. The smallest absolute Gasteiger partial charge is 0.262 e. The Hall–Kier alpha value is -4.82. The number of benzene rings is 4. The van der Waals surface area contributed by atoms with E-state index < -0.39 is 5.91 Å². The van der Waals surface area contributed by atoms with Crippen molar-refractivity contribution in [2.45, 2.75) is 26.5 Å². The molecule has 0 radical (unpaired) electrons. The fourth-order valence-corrected chi connectivity index (χ4v) is 4.26. The molecule has 0 saturated carbocycles. The van der Waals surface area contributed by atoms with Gasteiger partial charge in [0.15, 0.2) is 11.5 Å². The molecule has 1 amide bonds. The molecule has 1 N–H and O–H groups in total. The molecule has 4 aromatic rings. The molecule has 38 heavy (non-hydrogen) atoms. The Labute approximate surface area is 223 Å². The third kappa shape index (κ3) is 6.48. The SMILES string of the molecule is C=CCc1cc(/C=C(\C#N)C(=O)NCc2ccccc2)cc(OCC)c1OCc1cccc2ccccc12. The minimum Gasteiger partial charge on any atom is -0.490 e. The summed E-state index contributed by atoms with van der Waals surface area (Å²) in [6.07, 6.45) is 3.90. The summed E-state index contributed by atoms with van der Waals surface area (Å²) in [5.41, 5.74) is 3.57. The summed E-state index contributed by atoms with van der Waals surface area (Å²) in [4.78, 5) is 12.7. The van der Waals surface area contributed by atoms with Crippen LogP contribution in [-0.4, -0.2) is 12.5 Å². The van der Waals surface area contributed by atoms with Crippen LogP contribution in [0.5, 0.6) is 11.5 Å². The zero-order chi connectivity index (χ0) is 26.7. The highest BCUT2D eigenvalue weighted by atomic mass is 16.5. The highest BCUT2D eigenvalue weighted by Crippen LogP contribution is 2.36. The van der Waals surface area contributed by atoms with Gasteiger partial charge in [-0.1, -0.05) is 78.9 Å². The molecule has 0 heterocycles. The molecule has 0 bridgehead atoms. The average molecular weight is 503 g/mol. The second kappa shape index (κ2) is 12.9. The molecule has 5 nitrogen and oxygen atoms in total. The summed E-state index contributed by atoms with van der Waals surface area (Å²) in [5.74, 6) is 0.750. The molecule has 4 rings (SSSR count). The van der Waals surface area contributed by atoms with Crippen molar-refractivity contribution in [3.05, 3.63) is 125 Å². The summed E-state index contributed by atoms with van der Waals surface area (Å²) in [6, 6.07) is 29.7. The number of amides is 1. The van der Waals surface area contributed by atoms with E-state index in [1.165, 1.54) is 0 Å². The van der Waals surface area contributed by atoms with Gasteiger partial charge in [-0.05, 0) is 59.0 Å². The lowest BCUT2D eigenvalue weighted by molar-refractivity contribution is -0.117. The van der Waals surface area contributed by atoms with Crippen LogP contribution >= 0.6 is 0 Å². The van der Waals surface area contributed by atoms with Crippen molar-refractivity contribution in [1.29, 1.82) is 5.26 Å². The van der Waals surface area contributed by atoms with Crippen molar-refractivity contribution in [2.24, 2.45) is 0 Å². The minimum absolute atomic E-state index is 0.0114. The van der Waals surface area contributed by atoms with E-state index in [9.17, 15) is 10.1 Å². The third-order valence-corrected chi connectivity index (χ3v) is 6.04. The molecule has 190 valence electrons. The maximum Gasteiger partial charge on any atom is 0.262 e. The first-order chi connectivity index (χ1) is 18.6. The lowest BCUT2D eigenvalue weighted by Crippen LogP contribution is -2.23. The Morgan fingerprint density at radius 2 is 1.74 bits per heavy atom. The Bertz CT molecular complexity index is 1490. The Morgan fingerprint density at radius 1 is 0.974 bits per heavy atom. The van der Waals surface area contributed by atoms with Gasteiger partial charge in [0, 0.05) is 12.1 Å². The van der Waals surface area contributed by atoms with Crippen LogP contribution in [0, 0.1) is 11.3 Å².